The minimum Gasteiger partial charge on any atom is -0.475 e. The van der Waals surface area contributed by atoms with Crippen molar-refractivity contribution in [1.29, 1.82) is 0 Å². The van der Waals surface area contributed by atoms with Crippen LogP contribution in [0.2, 0.25) is 0 Å². The molecule has 1 aromatic heterocycles. The van der Waals surface area contributed by atoms with Gasteiger partial charge in [0.05, 0.1) is 17.9 Å². The van der Waals surface area contributed by atoms with Gasteiger partial charge in [0.15, 0.2) is 0 Å². The van der Waals surface area contributed by atoms with Crippen molar-refractivity contribution in [2.75, 3.05) is 20.1 Å². The van der Waals surface area contributed by atoms with E-state index < -0.39 is 12.1 Å². The van der Waals surface area contributed by atoms with Crippen molar-refractivity contribution in [3.05, 3.63) is 72.1 Å². The quantitative estimate of drug-likeness (QED) is 0.566. The summed E-state index contributed by atoms with van der Waals surface area (Å²) >= 11 is 0. The molecule has 35 heavy (non-hydrogen) atoms. The van der Waals surface area contributed by atoms with Crippen LogP contribution in [0.1, 0.15) is 34.9 Å². The minimum absolute atomic E-state index is 0.104. The van der Waals surface area contributed by atoms with E-state index in [1.165, 1.54) is 0 Å². The number of carboxylic acid groups (broad SMARTS) is 1. The van der Waals surface area contributed by atoms with Crippen LogP contribution in [0.15, 0.2) is 60.8 Å². The maximum atomic E-state index is 13.2. The Kier molecular flexibility index (Phi) is 8.58. The van der Waals surface area contributed by atoms with Gasteiger partial charge in [0.2, 0.25) is 0 Å². The van der Waals surface area contributed by atoms with Gasteiger partial charge in [-0.3, -0.25) is 4.79 Å². The van der Waals surface area contributed by atoms with Gasteiger partial charge in [-0.1, -0.05) is 53.7 Å². The molecule has 11 heteroatoms. The standard InChI is InChI=1S/C22H25N5O.C2HF3O2/c1-23-15-18-16-27(25-24-18)19-11-13-26(14-12-19)22(28)21-10-6-5-9-20(21)17-7-3-2-4-8-17;3-2(4,5)1(6)7/h2-10,16,19,23H,11-15H2,1H3;(H,6,7). The van der Waals surface area contributed by atoms with Gasteiger partial charge in [-0.25, -0.2) is 9.48 Å². The summed E-state index contributed by atoms with van der Waals surface area (Å²) in [7, 11) is 1.90. The Balaban J connectivity index is 0.000000429. The summed E-state index contributed by atoms with van der Waals surface area (Å²) in [5.41, 5.74) is 3.77. The maximum absolute atomic E-state index is 13.2. The molecule has 186 valence electrons. The second-order valence-electron chi connectivity index (χ2n) is 7.96. The molecule has 2 heterocycles. The van der Waals surface area contributed by atoms with Gasteiger partial charge >= 0.3 is 12.1 Å². The second-order valence-corrected chi connectivity index (χ2v) is 7.96. The zero-order valence-electron chi connectivity index (χ0n) is 19.1. The summed E-state index contributed by atoms with van der Waals surface area (Å²) in [6, 6.07) is 18.3. The average molecular weight is 489 g/mol. The van der Waals surface area contributed by atoms with Gasteiger partial charge in [-0.15, -0.1) is 5.10 Å². The Morgan fingerprint density at radius 3 is 2.26 bits per heavy atom. The number of carbonyl (C=O) groups excluding carboxylic acids is 1. The van der Waals surface area contributed by atoms with Crippen LogP contribution in [0.4, 0.5) is 13.2 Å². The number of likely N-dealkylation sites (tertiary alicyclic amines) is 1. The molecule has 1 aliphatic heterocycles. The fourth-order valence-electron chi connectivity index (χ4n) is 3.80. The number of aromatic nitrogens is 3. The summed E-state index contributed by atoms with van der Waals surface area (Å²) in [6.07, 6.45) is -1.30. The van der Waals surface area contributed by atoms with Crippen LogP contribution in [0, 0.1) is 0 Å². The molecule has 0 bridgehead atoms. The fraction of sp³-hybridized carbons (Fsp3) is 0.333. The lowest BCUT2D eigenvalue weighted by atomic mass is 9.97. The first kappa shape index (κ1) is 25.9. The molecule has 3 aromatic rings. The molecule has 0 radical (unpaired) electrons. The monoisotopic (exact) mass is 489 g/mol. The Labute approximate surface area is 200 Å². The van der Waals surface area contributed by atoms with Crippen LogP contribution >= 0.6 is 0 Å². The number of aliphatic carboxylic acids is 1. The topological polar surface area (TPSA) is 100 Å². The normalized spacial score (nSPS) is 14.2. The molecule has 0 spiro atoms. The van der Waals surface area contributed by atoms with E-state index in [9.17, 15) is 18.0 Å². The largest absolute Gasteiger partial charge is 0.490 e. The molecule has 1 fully saturated rings. The third-order valence-electron chi connectivity index (χ3n) is 5.53. The van der Waals surface area contributed by atoms with E-state index in [1.807, 2.05) is 77.4 Å². The van der Waals surface area contributed by atoms with Gasteiger partial charge < -0.3 is 15.3 Å². The third kappa shape index (κ3) is 6.89. The van der Waals surface area contributed by atoms with E-state index in [1.54, 1.807) is 0 Å². The Hall–Kier alpha value is -3.73. The van der Waals surface area contributed by atoms with Gasteiger partial charge in [0, 0.05) is 25.2 Å². The lowest BCUT2D eigenvalue weighted by Gasteiger charge is -2.32. The van der Waals surface area contributed by atoms with Gasteiger partial charge in [0.25, 0.3) is 5.91 Å². The molecule has 2 N–H and O–H groups in total. The van der Waals surface area contributed by atoms with Crippen LogP contribution in [-0.2, 0) is 11.3 Å². The Bertz CT molecular complexity index is 1130. The van der Waals surface area contributed by atoms with Crippen LogP contribution < -0.4 is 5.32 Å². The molecule has 1 amide bonds. The second kappa shape index (κ2) is 11.6. The molecule has 0 aliphatic carbocycles. The smallest absolute Gasteiger partial charge is 0.475 e. The molecule has 0 saturated carbocycles. The van der Waals surface area contributed by atoms with Crippen molar-refractivity contribution in [1.82, 2.24) is 25.2 Å². The number of nitrogens with one attached hydrogen (secondary N) is 1. The van der Waals surface area contributed by atoms with Crippen molar-refractivity contribution < 1.29 is 27.9 Å². The lowest BCUT2D eigenvalue weighted by Crippen LogP contribution is -2.39. The number of carbonyl (C=O) groups is 2. The highest BCUT2D eigenvalue weighted by Gasteiger charge is 2.38. The van der Waals surface area contributed by atoms with Crippen molar-refractivity contribution >= 4 is 11.9 Å². The summed E-state index contributed by atoms with van der Waals surface area (Å²) < 4.78 is 33.7. The Morgan fingerprint density at radius 2 is 1.66 bits per heavy atom. The molecule has 2 aromatic carbocycles. The highest BCUT2D eigenvalue weighted by atomic mass is 19.4. The number of benzene rings is 2. The van der Waals surface area contributed by atoms with E-state index in [2.05, 4.69) is 15.6 Å². The number of halogens is 3. The van der Waals surface area contributed by atoms with Crippen LogP contribution in [0.25, 0.3) is 11.1 Å². The van der Waals surface area contributed by atoms with Crippen LogP contribution in [0.3, 0.4) is 0 Å². The molecule has 1 aliphatic rings. The molecule has 0 unspecified atom stereocenters. The molecule has 1 saturated heterocycles. The number of rotatable bonds is 5. The minimum atomic E-state index is -5.08. The van der Waals surface area contributed by atoms with Crippen LogP contribution in [-0.4, -0.2) is 63.2 Å². The summed E-state index contributed by atoms with van der Waals surface area (Å²) in [6.45, 7) is 2.18. The molecular formula is C24H26F3N5O3. The predicted octanol–water partition coefficient (Wildman–Crippen LogP) is 3.78. The molecule has 4 rings (SSSR count). The highest BCUT2D eigenvalue weighted by molar-refractivity contribution is 6.00. The first-order chi connectivity index (χ1) is 16.7. The maximum Gasteiger partial charge on any atom is 0.490 e. The lowest BCUT2D eigenvalue weighted by molar-refractivity contribution is -0.192. The number of hydrogen-bond acceptors (Lipinski definition) is 5. The van der Waals surface area contributed by atoms with E-state index in [0.717, 1.165) is 48.3 Å². The third-order valence-corrected chi connectivity index (χ3v) is 5.53. The summed E-state index contributed by atoms with van der Waals surface area (Å²) in [4.78, 5) is 24.1. The van der Waals surface area contributed by atoms with Crippen molar-refractivity contribution in [3.8, 4) is 11.1 Å². The molecule has 8 nitrogen and oxygen atoms in total. The summed E-state index contributed by atoms with van der Waals surface area (Å²) in [5.74, 6) is -2.65. The first-order valence-corrected chi connectivity index (χ1v) is 11.0. The number of hydrogen-bond donors (Lipinski definition) is 2. The first-order valence-electron chi connectivity index (χ1n) is 11.0. The number of nitrogens with zero attached hydrogens (tertiary/aromatic N) is 4. The van der Waals surface area contributed by atoms with Crippen molar-refractivity contribution in [2.24, 2.45) is 0 Å². The van der Waals surface area contributed by atoms with Gasteiger partial charge in [-0.05, 0) is 37.1 Å². The van der Waals surface area contributed by atoms with Crippen LogP contribution in [0.5, 0.6) is 0 Å². The SMILES string of the molecule is CNCc1cn(C2CCN(C(=O)c3ccccc3-c3ccccc3)CC2)nn1.O=C(O)C(F)(F)F. The average Bonchev–Trinajstić information content (AvgIpc) is 3.33. The van der Waals surface area contributed by atoms with Crippen molar-refractivity contribution in [2.45, 2.75) is 31.6 Å². The number of alkyl halides is 3. The van der Waals surface area contributed by atoms with Gasteiger partial charge in [0.1, 0.15) is 0 Å². The predicted molar refractivity (Wildman–Crippen MR) is 123 cm³/mol. The fourth-order valence-corrected chi connectivity index (χ4v) is 3.80. The number of amides is 1. The molecular weight excluding hydrogens is 463 g/mol. The number of carboxylic acids is 1. The number of piperidine rings is 1. The van der Waals surface area contributed by atoms with E-state index in [4.69, 9.17) is 9.90 Å². The van der Waals surface area contributed by atoms with E-state index in [-0.39, 0.29) is 5.91 Å². The zero-order chi connectivity index (χ0) is 25.4. The zero-order valence-corrected chi connectivity index (χ0v) is 19.1. The van der Waals surface area contributed by atoms with E-state index >= 15 is 0 Å². The van der Waals surface area contributed by atoms with Crippen molar-refractivity contribution in [3.63, 3.8) is 0 Å². The van der Waals surface area contributed by atoms with Gasteiger partial charge in [-0.2, -0.15) is 13.2 Å². The molecule has 0 atom stereocenters. The Morgan fingerprint density at radius 1 is 1.06 bits per heavy atom. The highest BCUT2D eigenvalue weighted by Crippen LogP contribution is 2.27. The summed E-state index contributed by atoms with van der Waals surface area (Å²) in [5, 5.41) is 18.7. The van der Waals surface area contributed by atoms with E-state index in [0.29, 0.717) is 12.6 Å².